The van der Waals surface area contributed by atoms with Crippen LogP contribution in [0.25, 0.3) is 0 Å². The molecule has 0 amide bonds. The fourth-order valence-corrected chi connectivity index (χ4v) is 3.03. The Morgan fingerprint density at radius 1 is 1.26 bits per heavy atom. The van der Waals surface area contributed by atoms with Gasteiger partial charge >= 0.3 is 0 Å². The Morgan fingerprint density at radius 3 is 2.83 bits per heavy atom. The first-order chi connectivity index (χ1) is 11.2. The van der Waals surface area contributed by atoms with Crippen molar-refractivity contribution >= 4 is 5.82 Å². The van der Waals surface area contributed by atoms with Crippen LogP contribution in [-0.2, 0) is 6.54 Å². The number of rotatable bonds is 4. The first-order valence-electron chi connectivity index (χ1n) is 7.92. The average Bonchev–Trinajstić information content (AvgIpc) is 3.37. The summed E-state index contributed by atoms with van der Waals surface area (Å²) >= 11 is 0. The Balaban J connectivity index is 1.44. The van der Waals surface area contributed by atoms with Crippen LogP contribution in [0.2, 0.25) is 0 Å². The maximum Gasteiger partial charge on any atom is 0.266 e. The molecule has 2 fully saturated rings. The van der Waals surface area contributed by atoms with E-state index in [4.69, 9.17) is 5.26 Å². The van der Waals surface area contributed by atoms with Gasteiger partial charge < -0.3 is 4.90 Å². The first-order valence-corrected chi connectivity index (χ1v) is 7.92. The minimum absolute atomic E-state index is 0.0385. The summed E-state index contributed by atoms with van der Waals surface area (Å²) in [6.45, 7) is 2.23. The van der Waals surface area contributed by atoms with Gasteiger partial charge in [-0.05, 0) is 31.0 Å². The number of anilines is 1. The Kier molecular flexibility index (Phi) is 3.34. The maximum atomic E-state index is 12.0. The highest BCUT2D eigenvalue weighted by Gasteiger charge is 2.31. The van der Waals surface area contributed by atoms with E-state index in [1.165, 1.54) is 12.8 Å². The van der Waals surface area contributed by atoms with Crippen molar-refractivity contribution in [3.63, 3.8) is 0 Å². The lowest BCUT2D eigenvalue weighted by atomic mass is 9.99. The SMILES string of the molecule is N#Cc1cccnc1N1CC(Cn2nc(C3CC3)ccc2=O)C1. The molecule has 2 aliphatic rings. The molecule has 0 unspecified atom stereocenters. The molecule has 0 aromatic carbocycles. The molecule has 2 aromatic heterocycles. The van der Waals surface area contributed by atoms with Crippen molar-refractivity contribution in [3.05, 3.63) is 52.1 Å². The second-order valence-electron chi connectivity index (χ2n) is 6.31. The van der Waals surface area contributed by atoms with Gasteiger partial charge in [0.15, 0.2) is 0 Å². The Bertz CT molecular complexity index is 827. The molecule has 1 aliphatic carbocycles. The van der Waals surface area contributed by atoms with Gasteiger partial charge in [-0.25, -0.2) is 9.67 Å². The molecule has 0 spiro atoms. The number of pyridine rings is 1. The van der Waals surface area contributed by atoms with Gasteiger partial charge in [0.2, 0.25) is 0 Å². The summed E-state index contributed by atoms with van der Waals surface area (Å²) in [6.07, 6.45) is 4.06. The summed E-state index contributed by atoms with van der Waals surface area (Å²) in [6, 6.07) is 9.21. The highest BCUT2D eigenvalue weighted by atomic mass is 16.1. The second-order valence-corrected chi connectivity index (χ2v) is 6.31. The lowest BCUT2D eigenvalue weighted by Gasteiger charge is -2.40. The van der Waals surface area contributed by atoms with E-state index in [9.17, 15) is 4.79 Å². The van der Waals surface area contributed by atoms with E-state index in [0.717, 1.165) is 24.6 Å². The molecule has 1 saturated heterocycles. The third kappa shape index (κ3) is 2.70. The zero-order valence-corrected chi connectivity index (χ0v) is 12.7. The molecule has 1 aliphatic heterocycles. The average molecular weight is 307 g/mol. The van der Waals surface area contributed by atoms with Crippen LogP contribution >= 0.6 is 0 Å². The van der Waals surface area contributed by atoms with Crippen molar-refractivity contribution < 1.29 is 0 Å². The largest absolute Gasteiger partial charge is 0.355 e. The smallest absolute Gasteiger partial charge is 0.266 e. The van der Waals surface area contributed by atoms with Gasteiger partial charge in [-0.3, -0.25) is 4.79 Å². The van der Waals surface area contributed by atoms with Gasteiger partial charge in [0.25, 0.3) is 5.56 Å². The van der Waals surface area contributed by atoms with E-state index in [1.807, 2.05) is 6.07 Å². The molecular formula is C17H17N5O. The molecule has 2 aromatic rings. The van der Waals surface area contributed by atoms with Crippen molar-refractivity contribution in [3.8, 4) is 6.07 Å². The van der Waals surface area contributed by atoms with Crippen LogP contribution in [0.15, 0.2) is 35.3 Å². The topological polar surface area (TPSA) is 74.8 Å². The van der Waals surface area contributed by atoms with Gasteiger partial charge in [-0.1, -0.05) is 0 Å². The molecule has 23 heavy (non-hydrogen) atoms. The maximum absolute atomic E-state index is 12.0. The van der Waals surface area contributed by atoms with Gasteiger partial charge in [-0.2, -0.15) is 10.4 Å². The first kappa shape index (κ1) is 13.9. The van der Waals surface area contributed by atoms with Gasteiger partial charge in [0, 0.05) is 37.2 Å². The normalized spacial score (nSPS) is 17.6. The van der Waals surface area contributed by atoms with Crippen molar-refractivity contribution in [1.29, 1.82) is 5.26 Å². The van der Waals surface area contributed by atoms with E-state index >= 15 is 0 Å². The number of aromatic nitrogens is 3. The molecule has 0 atom stereocenters. The highest BCUT2D eigenvalue weighted by molar-refractivity contribution is 5.55. The molecule has 6 nitrogen and oxygen atoms in total. The van der Waals surface area contributed by atoms with Crippen molar-refractivity contribution in [2.75, 3.05) is 18.0 Å². The van der Waals surface area contributed by atoms with Gasteiger partial charge in [0.1, 0.15) is 11.9 Å². The van der Waals surface area contributed by atoms with Crippen LogP contribution in [0.5, 0.6) is 0 Å². The third-order valence-corrected chi connectivity index (χ3v) is 4.48. The van der Waals surface area contributed by atoms with Gasteiger partial charge in [0.05, 0.1) is 17.8 Å². The van der Waals surface area contributed by atoms with Crippen molar-refractivity contribution in [2.24, 2.45) is 5.92 Å². The summed E-state index contributed by atoms with van der Waals surface area (Å²) in [5, 5.41) is 13.6. The molecule has 6 heteroatoms. The molecule has 0 radical (unpaired) electrons. The minimum atomic E-state index is -0.0385. The molecule has 3 heterocycles. The van der Waals surface area contributed by atoms with Crippen LogP contribution < -0.4 is 10.5 Å². The lowest BCUT2D eigenvalue weighted by molar-refractivity contribution is 0.331. The standard InChI is InChI=1S/C17H17N5O/c18-8-14-2-1-7-19-17(14)21-9-12(10-21)11-22-16(23)6-5-15(20-22)13-3-4-13/h1-2,5-7,12-13H,3-4,9-11H2. The lowest BCUT2D eigenvalue weighted by Crippen LogP contribution is -2.50. The highest BCUT2D eigenvalue weighted by Crippen LogP contribution is 2.38. The summed E-state index contributed by atoms with van der Waals surface area (Å²) in [5.74, 6) is 1.65. The monoisotopic (exact) mass is 307 g/mol. The summed E-state index contributed by atoms with van der Waals surface area (Å²) in [4.78, 5) is 18.4. The summed E-state index contributed by atoms with van der Waals surface area (Å²) in [7, 11) is 0. The Hall–Kier alpha value is -2.68. The molecule has 0 N–H and O–H groups in total. The van der Waals surface area contributed by atoms with Crippen LogP contribution in [0, 0.1) is 17.2 Å². The van der Waals surface area contributed by atoms with E-state index in [0.29, 0.717) is 23.9 Å². The zero-order valence-electron chi connectivity index (χ0n) is 12.7. The third-order valence-electron chi connectivity index (χ3n) is 4.48. The van der Waals surface area contributed by atoms with E-state index in [1.54, 1.807) is 29.1 Å². The van der Waals surface area contributed by atoms with Crippen molar-refractivity contribution in [1.82, 2.24) is 14.8 Å². The number of nitrogens with zero attached hydrogens (tertiary/aromatic N) is 5. The quantitative estimate of drug-likeness (QED) is 0.856. The number of nitriles is 1. The summed E-state index contributed by atoms with van der Waals surface area (Å²) in [5.41, 5.74) is 1.60. The van der Waals surface area contributed by atoms with Crippen LogP contribution in [0.3, 0.4) is 0 Å². The predicted molar refractivity (Wildman–Crippen MR) is 85.1 cm³/mol. The minimum Gasteiger partial charge on any atom is -0.355 e. The van der Waals surface area contributed by atoms with E-state index < -0.39 is 0 Å². The van der Waals surface area contributed by atoms with Crippen molar-refractivity contribution in [2.45, 2.75) is 25.3 Å². The number of hydrogen-bond acceptors (Lipinski definition) is 5. The molecule has 116 valence electrons. The fourth-order valence-electron chi connectivity index (χ4n) is 3.03. The number of hydrogen-bond donors (Lipinski definition) is 0. The fraction of sp³-hybridized carbons (Fsp3) is 0.412. The van der Waals surface area contributed by atoms with Crippen LogP contribution in [0.1, 0.15) is 30.0 Å². The predicted octanol–water partition coefficient (Wildman–Crippen LogP) is 1.52. The zero-order chi connectivity index (χ0) is 15.8. The Labute approximate surface area is 134 Å². The molecule has 4 rings (SSSR count). The van der Waals surface area contributed by atoms with Crippen LogP contribution in [0.4, 0.5) is 5.82 Å². The van der Waals surface area contributed by atoms with E-state index in [-0.39, 0.29) is 5.56 Å². The molecule has 0 bridgehead atoms. The van der Waals surface area contributed by atoms with Gasteiger partial charge in [-0.15, -0.1) is 0 Å². The molecule has 1 saturated carbocycles. The van der Waals surface area contributed by atoms with E-state index in [2.05, 4.69) is 21.1 Å². The summed E-state index contributed by atoms with van der Waals surface area (Å²) < 4.78 is 1.60. The second kappa shape index (κ2) is 5.51. The Morgan fingerprint density at radius 2 is 2.09 bits per heavy atom. The molecular weight excluding hydrogens is 290 g/mol. The van der Waals surface area contributed by atoms with Crippen LogP contribution in [-0.4, -0.2) is 27.9 Å².